The molecule has 0 bridgehead atoms. The molecule has 2 amide bonds. The van der Waals surface area contributed by atoms with Crippen molar-refractivity contribution in [2.45, 2.75) is 13.8 Å². The van der Waals surface area contributed by atoms with E-state index < -0.39 is 0 Å². The Morgan fingerprint density at radius 1 is 0.833 bits per heavy atom. The molecule has 3 heterocycles. The van der Waals surface area contributed by atoms with Crippen molar-refractivity contribution in [3.8, 4) is 0 Å². The third-order valence-corrected chi connectivity index (χ3v) is 5.01. The second kappa shape index (κ2) is 8.77. The Morgan fingerprint density at radius 3 is 2.17 bits per heavy atom. The highest BCUT2D eigenvalue weighted by atomic mass is 16.2. The molecule has 1 aliphatic heterocycles. The number of hydrogen-bond donors (Lipinski definition) is 2. The summed E-state index contributed by atoms with van der Waals surface area (Å²) in [4.78, 5) is 20.8. The molecule has 0 atom stereocenters. The summed E-state index contributed by atoms with van der Waals surface area (Å²) in [5, 5.41) is 14.7. The van der Waals surface area contributed by atoms with Gasteiger partial charge >= 0.3 is 6.03 Å². The molecular formula is C22H25N7O. The minimum Gasteiger partial charge on any atom is -0.352 e. The number of urea groups is 1. The van der Waals surface area contributed by atoms with Gasteiger partial charge < -0.3 is 20.4 Å². The van der Waals surface area contributed by atoms with E-state index in [1.165, 1.54) is 5.56 Å². The van der Waals surface area contributed by atoms with Crippen molar-refractivity contribution in [1.29, 1.82) is 0 Å². The van der Waals surface area contributed by atoms with Gasteiger partial charge in [-0.2, -0.15) is 0 Å². The highest BCUT2D eigenvalue weighted by Gasteiger charge is 2.22. The molecule has 1 fully saturated rings. The van der Waals surface area contributed by atoms with Crippen molar-refractivity contribution in [3.05, 3.63) is 65.9 Å². The molecule has 0 saturated carbocycles. The van der Waals surface area contributed by atoms with Gasteiger partial charge in [0.2, 0.25) is 0 Å². The number of amides is 2. The molecule has 1 aliphatic rings. The Kier molecular flexibility index (Phi) is 5.74. The topological polar surface area (TPSA) is 86.3 Å². The van der Waals surface area contributed by atoms with Crippen LogP contribution in [0.4, 0.5) is 27.9 Å². The minimum absolute atomic E-state index is 0.0743. The number of benzene rings is 1. The van der Waals surface area contributed by atoms with Gasteiger partial charge in [-0.05, 0) is 49.7 Å². The highest BCUT2D eigenvalue weighted by molar-refractivity contribution is 5.89. The van der Waals surface area contributed by atoms with Gasteiger partial charge in [-0.15, -0.1) is 10.2 Å². The lowest BCUT2D eigenvalue weighted by Crippen LogP contribution is -2.50. The van der Waals surface area contributed by atoms with Crippen LogP contribution in [-0.2, 0) is 0 Å². The zero-order valence-electron chi connectivity index (χ0n) is 17.2. The van der Waals surface area contributed by atoms with Crippen molar-refractivity contribution < 1.29 is 4.79 Å². The van der Waals surface area contributed by atoms with Crippen LogP contribution in [0.5, 0.6) is 0 Å². The number of rotatable bonds is 4. The molecule has 2 N–H and O–H groups in total. The molecule has 0 aliphatic carbocycles. The number of piperazine rings is 1. The Hall–Kier alpha value is -3.68. The molecule has 3 aromatic rings. The fourth-order valence-corrected chi connectivity index (χ4v) is 3.21. The van der Waals surface area contributed by atoms with Crippen molar-refractivity contribution in [3.63, 3.8) is 0 Å². The van der Waals surface area contributed by atoms with Gasteiger partial charge in [0, 0.05) is 38.1 Å². The first-order valence-corrected chi connectivity index (χ1v) is 9.98. The first kappa shape index (κ1) is 19.6. The maximum absolute atomic E-state index is 12.5. The van der Waals surface area contributed by atoms with Crippen LogP contribution < -0.4 is 15.5 Å². The Balaban J connectivity index is 1.29. The van der Waals surface area contributed by atoms with Crippen molar-refractivity contribution in [1.82, 2.24) is 20.1 Å². The summed E-state index contributed by atoms with van der Waals surface area (Å²) in [6.07, 6.45) is 1.80. The van der Waals surface area contributed by atoms with Crippen LogP contribution in [0.15, 0.2) is 54.7 Å². The number of aryl methyl sites for hydroxylation is 2. The first-order valence-electron chi connectivity index (χ1n) is 9.98. The molecule has 2 aromatic heterocycles. The van der Waals surface area contributed by atoms with E-state index in [-0.39, 0.29) is 6.03 Å². The summed E-state index contributed by atoms with van der Waals surface area (Å²) in [6.45, 7) is 6.71. The second-order valence-corrected chi connectivity index (χ2v) is 7.39. The molecule has 8 heteroatoms. The number of pyridine rings is 1. The first-order chi connectivity index (χ1) is 14.6. The SMILES string of the molecule is Cc1ccc(NC(=O)N2CCN(c3ccc(Nc4ccc(C)cn4)nn3)CC2)cc1. The third-order valence-electron chi connectivity index (χ3n) is 5.01. The lowest BCUT2D eigenvalue weighted by atomic mass is 10.2. The third kappa shape index (κ3) is 4.83. The molecule has 4 rings (SSSR count). The summed E-state index contributed by atoms with van der Waals surface area (Å²) in [6, 6.07) is 15.5. The molecule has 1 saturated heterocycles. The largest absolute Gasteiger partial charge is 0.352 e. The van der Waals surface area contributed by atoms with E-state index in [2.05, 4.69) is 30.7 Å². The number of anilines is 4. The molecule has 0 spiro atoms. The van der Waals surface area contributed by atoms with Crippen LogP contribution in [0.1, 0.15) is 11.1 Å². The van der Waals surface area contributed by atoms with E-state index in [1.807, 2.05) is 67.3 Å². The zero-order chi connectivity index (χ0) is 20.9. The Morgan fingerprint density at radius 2 is 1.53 bits per heavy atom. The zero-order valence-corrected chi connectivity index (χ0v) is 17.2. The van der Waals surface area contributed by atoms with E-state index in [9.17, 15) is 4.79 Å². The second-order valence-electron chi connectivity index (χ2n) is 7.39. The molecule has 0 radical (unpaired) electrons. The lowest BCUT2D eigenvalue weighted by Gasteiger charge is -2.35. The average molecular weight is 403 g/mol. The standard InChI is InChI=1S/C22H25N7O/c1-16-3-6-18(7-4-16)24-22(30)29-13-11-28(12-14-29)21-10-9-20(26-27-21)25-19-8-5-17(2)15-23-19/h3-10,15H,11-14H2,1-2H3,(H,24,30)(H,23,25,26). The van der Waals surface area contributed by atoms with Crippen LogP contribution in [-0.4, -0.2) is 52.3 Å². The molecule has 0 unspecified atom stereocenters. The minimum atomic E-state index is -0.0743. The fourth-order valence-electron chi connectivity index (χ4n) is 3.21. The molecule has 8 nitrogen and oxygen atoms in total. The van der Waals surface area contributed by atoms with E-state index >= 15 is 0 Å². The summed E-state index contributed by atoms with van der Waals surface area (Å²) in [5.41, 5.74) is 3.08. The molecule has 1 aromatic carbocycles. The quantitative estimate of drug-likeness (QED) is 0.692. The maximum atomic E-state index is 12.5. The van der Waals surface area contributed by atoms with Gasteiger partial charge in [0.15, 0.2) is 11.6 Å². The fraction of sp³-hybridized carbons (Fsp3) is 0.273. The van der Waals surface area contributed by atoms with Crippen molar-refractivity contribution in [2.75, 3.05) is 41.7 Å². The van der Waals surface area contributed by atoms with Crippen LogP contribution in [0.25, 0.3) is 0 Å². The van der Waals surface area contributed by atoms with E-state index in [4.69, 9.17) is 0 Å². The summed E-state index contributed by atoms with van der Waals surface area (Å²) in [5.74, 6) is 2.18. The smallest absolute Gasteiger partial charge is 0.321 e. The predicted octanol–water partition coefficient (Wildman–Crippen LogP) is 3.59. The highest BCUT2D eigenvalue weighted by Crippen LogP contribution is 2.17. The Bertz CT molecular complexity index is 980. The van der Waals surface area contributed by atoms with E-state index in [0.717, 1.165) is 22.9 Å². The normalized spacial score (nSPS) is 13.8. The average Bonchev–Trinajstić information content (AvgIpc) is 2.77. The van der Waals surface area contributed by atoms with Crippen molar-refractivity contribution >= 4 is 29.2 Å². The number of carbonyl (C=O) groups excluding carboxylic acids is 1. The number of nitrogens with one attached hydrogen (secondary N) is 2. The van der Waals surface area contributed by atoms with Crippen LogP contribution >= 0.6 is 0 Å². The van der Waals surface area contributed by atoms with Gasteiger partial charge in [0.25, 0.3) is 0 Å². The number of nitrogens with zero attached hydrogens (tertiary/aromatic N) is 5. The van der Waals surface area contributed by atoms with Gasteiger partial charge in [-0.25, -0.2) is 9.78 Å². The molecule has 154 valence electrons. The number of carbonyl (C=O) groups is 1. The monoisotopic (exact) mass is 403 g/mol. The number of aromatic nitrogens is 3. The molecular weight excluding hydrogens is 378 g/mol. The summed E-state index contributed by atoms with van der Waals surface area (Å²) in [7, 11) is 0. The van der Waals surface area contributed by atoms with Crippen LogP contribution in [0.2, 0.25) is 0 Å². The van der Waals surface area contributed by atoms with Gasteiger partial charge in [0.1, 0.15) is 5.82 Å². The summed E-state index contributed by atoms with van der Waals surface area (Å²) < 4.78 is 0. The number of hydrogen-bond acceptors (Lipinski definition) is 6. The van der Waals surface area contributed by atoms with Gasteiger partial charge in [0.05, 0.1) is 0 Å². The van der Waals surface area contributed by atoms with E-state index in [0.29, 0.717) is 32.0 Å². The van der Waals surface area contributed by atoms with Crippen LogP contribution in [0.3, 0.4) is 0 Å². The van der Waals surface area contributed by atoms with Gasteiger partial charge in [-0.1, -0.05) is 23.8 Å². The summed E-state index contributed by atoms with van der Waals surface area (Å²) >= 11 is 0. The molecule has 30 heavy (non-hydrogen) atoms. The predicted molar refractivity (Wildman–Crippen MR) is 118 cm³/mol. The van der Waals surface area contributed by atoms with Crippen LogP contribution in [0, 0.1) is 13.8 Å². The lowest BCUT2D eigenvalue weighted by molar-refractivity contribution is 0.208. The van der Waals surface area contributed by atoms with E-state index in [1.54, 1.807) is 6.20 Å². The van der Waals surface area contributed by atoms with Crippen molar-refractivity contribution in [2.24, 2.45) is 0 Å². The maximum Gasteiger partial charge on any atom is 0.321 e. The van der Waals surface area contributed by atoms with Gasteiger partial charge in [-0.3, -0.25) is 0 Å². The Labute approximate surface area is 176 Å².